The van der Waals surface area contributed by atoms with Crippen LogP contribution in [0.3, 0.4) is 0 Å². The number of nitrogens with zero attached hydrogens (tertiary/aromatic N) is 2. The SMILES string of the molecule is N#CC(C#N)=C(c1ccc(C2=CC=CCC=C2)cc1)c1cccc2ccccc12. The highest BCUT2D eigenvalue weighted by molar-refractivity contribution is 6.00. The summed E-state index contributed by atoms with van der Waals surface area (Å²) in [5.74, 6) is 0. The summed E-state index contributed by atoms with van der Waals surface area (Å²) in [6.45, 7) is 0. The molecule has 0 aromatic heterocycles. The number of rotatable bonds is 3. The second kappa shape index (κ2) is 8.26. The van der Waals surface area contributed by atoms with E-state index in [9.17, 15) is 10.5 Å². The van der Waals surface area contributed by atoms with Gasteiger partial charge in [0.2, 0.25) is 0 Å². The maximum atomic E-state index is 9.62. The summed E-state index contributed by atoms with van der Waals surface area (Å²) in [6.07, 6.45) is 11.5. The van der Waals surface area contributed by atoms with Crippen LogP contribution >= 0.6 is 0 Å². The zero-order chi connectivity index (χ0) is 20.1. The van der Waals surface area contributed by atoms with Gasteiger partial charge in [-0.2, -0.15) is 10.5 Å². The normalized spacial score (nSPS) is 12.6. The van der Waals surface area contributed by atoms with Crippen LogP contribution in [0.1, 0.15) is 23.1 Å². The van der Waals surface area contributed by atoms with Crippen molar-refractivity contribution in [2.75, 3.05) is 0 Å². The maximum absolute atomic E-state index is 9.62. The van der Waals surface area contributed by atoms with Crippen LogP contribution < -0.4 is 0 Å². The van der Waals surface area contributed by atoms with Crippen molar-refractivity contribution >= 4 is 21.9 Å². The van der Waals surface area contributed by atoms with Crippen LogP contribution in [-0.4, -0.2) is 0 Å². The molecule has 0 N–H and O–H groups in total. The van der Waals surface area contributed by atoms with Gasteiger partial charge in [0.25, 0.3) is 0 Å². The molecule has 0 amide bonds. The first-order valence-electron chi connectivity index (χ1n) is 9.48. The highest BCUT2D eigenvalue weighted by atomic mass is 14.3. The van der Waals surface area contributed by atoms with Crippen LogP contribution in [0.2, 0.25) is 0 Å². The van der Waals surface area contributed by atoms with Crippen LogP contribution in [0.15, 0.2) is 103 Å². The summed E-state index contributed by atoms with van der Waals surface area (Å²) in [5, 5.41) is 21.4. The summed E-state index contributed by atoms with van der Waals surface area (Å²) < 4.78 is 0. The van der Waals surface area contributed by atoms with Crippen molar-refractivity contribution in [2.45, 2.75) is 6.42 Å². The average Bonchev–Trinajstić information content (AvgIpc) is 3.07. The largest absolute Gasteiger partial charge is 0.192 e. The fourth-order valence-electron chi connectivity index (χ4n) is 3.62. The van der Waals surface area contributed by atoms with E-state index in [-0.39, 0.29) is 5.57 Å². The van der Waals surface area contributed by atoms with E-state index in [2.05, 4.69) is 42.5 Å². The van der Waals surface area contributed by atoms with Crippen molar-refractivity contribution in [3.05, 3.63) is 119 Å². The minimum Gasteiger partial charge on any atom is -0.192 e. The van der Waals surface area contributed by atoms with Gasteiger partial charge in [-0.15, -0.1) is 0 Å². The topological polar surface area (TPSA) is 47.6 Å². The molecule has 3 aromatic rings. The summed E-state index contributed by atoms with van der Waals surface area (Å²) in [4.78, 5) is 0. The van der Waals surface area contributed by atoms with E-state index in [1.165, 1.54) is 0 Å². The number of fused-ring (bicyclic) bond motifs is 1. The first-order chi connectivity index (χ1) is 14.3. The average molecular weight is 370 g/mol. The Kier molecular flexibility index (Phi) is 5.19. The van der Waals surface area contributed by atoms with Gasteiger partial charge in [0.05, 0.1) is 0 Å². The Balaban J connectivity index is 1.87. The smallest absolute Gasteiger partial charge is 0.138 e. The Morgan fingerprint density at radius 1 is 0.793 bits per heavy atom. The zero-order valence-electron chi connectivity index (χ0n) is 15.8. The third-order valence-electron chi connectivity index (χ3n) is 5.02. The van der Waals surface area contributed by atoms with Gasteiger partial charge < -0.3 is 0 Å². The molecule has 1 aliphatic rings. The monoisotopic (exact) mass is 370 g/mol. The van der Waals surface area contributed by atoms with Crippen molar-refractivity contribution in [1.29, 1.82) is 10.5 Å². The van der Waals surface area contributed by atoms with Gasteiger partial charge in [-0.3, -0.25) is 0 Å². The molecule has 4 rings (SSSR count). The van der Waals surface area contributed by atoms with Gasteiger partial charge >= 0.3 is 0 Å². The summed E-state index contributed by atoms with van der Waals surface area (Å²) in [7, 11) is 0. The molecule has 0 saturated heterocycles. The molecule has 0 atom stereocenters. The third kappa shape index (κ3) is 3.65. The van der Waals surface area contributed by atoms with Crippen molar-refractivity contribution in [2.24, 2.45) is 0 Å². The molecule has 1 aliphatic carbocycles. The first-order valence-corrected chi connectivity index (χ1v) is 9.48. The number of benzene rings is 3. The van der Waals surface area contributed by atoms with E-state index in [1.54, 1.807) is 0 Å². The summed E-state index contributed by atoms with van der Waals surface area (Å²) in [6, 6.07) is 26.2. The van der Waals surface area contributed by atoms with Crippen molar-refractivity contribution < 1.29 is 0 Å². The molecule has 0 aliphatic heterocycles. The fourth-order valence-corrected chi connectivity index (χ4v) is 3.62. The lowest BCUT2D eigenvalue weighted by Gasteiger charge is -2.13. The number of nitriles is 2. The molecule has 2 nitrogen and oxygen atoms in total. The molecule has 0 unspecified atom stereocenters. The Bertz CT molecular complexity index is 1250. The molecule has 0 saturated carbocycles. The standard InChI is InChI=1S/C27H18N2/c28-18-24(19-29)27(26-13-7-11-22-10-5-6-12-25(22)26)23-16-14-21(15-17-23)20-8-3-1-2-4-9-20/h1,3-17H,2H2. The Morgan fingerprint density at radius 3 is 2.34 bits per heavy atom. The molecule has 0 radical (unpaired) electrons. The zero-order valence-corrected chi connectivity index (χ0v) is 15.8. The third-order valence-corrected chi connectivity index (χ3v) is 5.02. The predicted octanol–water partition coefficient (Wildman–Crippen LogP) is 6.59. The van der Waals surface area contributed by atoms with Crippen LogP contribution in [0.5, 0.6) is 0 Å². The van der Waals surface area contributed by atoms with E-state index >= 15 is 0 Å². The molecular formula is C27H18N2. The van der Waals surface area contributed by atoms with E-state index in [0.717, 1.165) is 39.5 Å². The Morgan fingerprint density at radius 2 is 1.55 bits per heavy atom. The molecule has 0 heterocycles. The highest BCUT2D eigenvalue weighted by Gasteiger charge is 2.15. The minimum absolute atomic E-state index is 0.116. The quantitative estimate of drug-likeness (QED) is 0.488. The maximum Gasteiger partial charge on any atom is 0.138 e. The lowest BCUT2D eigenvalue weighted by molar-refractivity contribution is 1.41. The molecule has 0 spiro atoms. The number of hydrogen-bond donors (Lipinski definition) is 0. The van der Waals surface area contributed by atoms with E-state index in [1.807, 2.05) is 66.7 Å². The van der Waals surface area contributed by atoms with Crippen molar-refractivity contribution in [1.82, 2.24) is 0 Å². The molecule has 0 fully saturated rings. The van der Waals surface area contributed by atoms with Gasteiger partial charge in [0, 0.05) is 5.57 Å². The van der Waals surface area contributed by atoms with Crippen molar-refractivity contribution in [3.8, 4) is 12.1 Å². The van der Waals surface area contributed by atoms with E-state index in [4.69, 9.17) is 0 Å². The predicted molar refractivity (Wildman–Crippen MR) is 119 cm³/mol. The van der Waals surface area contributed by atoms with Crippen molar-refractivity contribution in [3.63, 3.8) is 0 Å². The van der Waals surface area contributed by atoms with Crippen LogP contribution in [0, 0.1) is 22.7 Å². The summed E-state index contributed by atoms with van der Waals surface area (Å²) >= 11 is 0. The van der Waals surface area contributed by atoms with Gasteiger partial charge in [0.15, 0.2) is 0 Å². The number of allylic oxidation sites excluding steroid dienone is 7. The highest BCUT2D eigenvalue weighted by Crippen LogP contribution is 2.33. The second-order valence-corrected chi connectivity index (χ2v) is 6.77. The Hall–Kier alpha value is -4.14. The van der Waals surface area contributed by atoms with Gasteiger partial charge in [0.1, 0.15) is 17.7 Å². The molecule has 3 aromatic carbocycles. The van der Waals surface area contributed by atoms with Crippen LogP contribution in [-0.2, 0) is 0 Å². The van der Waals surface area contributed by atoms with Gasteiger partial charge in [-0.1, -0.05) is 97.1 Å². The fraction of sp³-hybridized carbons (Fsp3) is 0.0370. The van der Waals surface area contributed by atoms with Crippen LogP contribution in [0.25, 0.3) is 21.9 Å². The number of hydrogen-bond acceptors (Lipinski definition) is 2. The van der Waals surface area contributed by atoms with Gasteiger partial charge in [-0.25, -0.2) is 0 Å². The first kappa shape index (κ1) is 18.2. The van der Waals surface area contributed by atoms with E-state index < -0.39 is 0 Å². The lowest BCUT2D eigenvalue weighted by Crippen LogP contribution is -1.95. The van der Waals surface area contributed by atoms with Crippen LogP contribution in [0.4, 0.5) is 0 Å². The second-order valence-electron chi connectivity index (χ2n) is 6.77. The molecule has 29 heavy (non-hydrogen) atoms. The van der Waals surface area contributed by atoms with Gasteiger partial charge in [-0.05, 0) is 39.5 Å². The summed E-state index contributed by atoms with van der Waals surface area (Å²) in [5.41, 5.74) is 4.78. The molecule has 2 heteroatoms. The minimum atomic E-state index is 0.116. The lowest BCUT2D eigenvalue weighted by atomic mass is 9.89. The molecule has 136 valence electrons. The van der Waals surface area contributed by atoms with E-state index in [0.29, 0.717) is 5.57 Å². The molecular weight excluding hydrogens is 352 g/mol. The Labute approximate surface area is 170 Å². The molecule has 0 bridgehead atoms.